The van der Waals surface area contributed by atoms with E-state index in [1.165, 1.54) is 6.92 Å². The van der Waals surface area contributed by atoms with Crippen molar-refractivity contribution in [1.29, 1.82) is 0 Å². The van der Waals surface area contributed by atoms with E-state index in [9.17, 15) is 14.4 Å². The summed E-state index contributed by atoms with van der Waals surface area (Å²) in [5.41, 5.74) is 5.23. The van der Waals surface area contributed by atoms with Crippen molar-refractivity contribution in [3.63, 3.8) is 0 Å². The molecule has 0 fully saturated rings. The molecule has 0 unspecified atom stereocenters. The number of aromatic amines is 1. The van der Waals surface area contributed by atoms with E-state index >= 15 is 0 Å². The van der Waals surface area contributed by atoms with Crippen LogP contribution in [0.2, 0.25) is 0 Å². The molecule has 1 amide bonds. The summed E-state index contributed by atoms with van der Waals surface area (Å²) in [5, 5.41) is 10.5. The molecule has 0 aliphatic rings. The first-order valence-corrected chi connectivity index (χ1v) is 7.42. The lowest BCUT2D eigenvalue weighted by Crippen LogP contribution is -2.23. The molecule has 1 heterocycles. The van der Waals surface area contributed by atoms with Crippen LogP contribution < -0.4 is 16.6 Å². The summed E-state index contributed by atoms with van der Waals surface area (Å²) >= 11 is 0.845. The number of aliphatic carboxylic acids is 1. The first kappa shape index (κ1) is 16.6. The normalized spacial score (nSPS) is 11.7. The van der Waals surface area contributed by atoms with Crippen LogP contribution in [-0.4, -0.2) is 32.2 Å². The average molecular weight is 334 g/mol. The molecule has 0 aliphatic heterocycles. The maximum absolute atomic E-state index is 12.0. The van der Waals surface area contributed by atoms with Crippen molar-refractivity contribution in [3.8, 4) is 0 Å². The number of nitrogen functional groups attached to an aromatic ring is 1. The summed E-state index contributed by atoms with van der Waals surface area (Å²) in [6.07, 6.45) is 0. The van der Waals surface area contributed by atoms with Gasteiger partial charge in [-0.15, -0.1) is 0 Å². The van der Waals surface area contributed by atoms with Crippen molar-refractivity contribution in [2.75, 3.05) is 11.1 Å². The molecule has 9 heteroatoms. The monoisotopic (exact) mass is 334 g/mol. The molecule has 120 valence electrons. The topological polar surface area (TPSA) is 138 Å². The van der Waals surface area contributed by atoms with Gasteiger partial charge in [0.25, 0.3) is 11.5 Å². The number of amides is 1. The van der Waals surface area contributed by atoms with Gasteiger partial charge in [-0.05, 0) is 19.1 Å². The second-order valence-electron chi connectivity index (χ2n) is 4.55. The summed E-state index contributed by atoms with van der Waals surface area (Å²) in [6, 6.07) is 8.31. The van der Waals surface area contributed by atoms with Crippen LogP contribution in [0, 0.1) is 0 Å². The summed E-state index contributed by atoms with van der Waals surface area (Å²) in [6.45, 7) is 1.45. The zero-order valence-corrected chi connectivity index (χ0v) is 12.9. The number of carbonyl (C=O) groups is 2. The van der Waals surface area contributed by atoms with Gasteiger partial charge < -0.3 is 16.2 Å². The Hall–Kier alpha value is -2.81. The van der Waals surface area contributed by atoms with Crippen molar-refractivity contribution in [1.82, 2.24) is 9.97 Å². The number of carboxylic acids is 1. The molecule has 0 spiro atoms. The molecular formula is C14H14N4O4S. The minimum atomic E-state index is -1.04. The minimum absolute atomic E-state index is 0.0695. The lowest BCUT2D eigenvalue weighted by atomic mass is 10.2. The molecule has 0 saturated heterocycles. The van der Waals surface area contributed by atoms with Crippen LogP contribution in [-0.2, 0) is 4.79 Å². The number of nitrogens with two attached hydrogens (primary N) is 1. The Morgan fingerprint density at radius 1 is 1.35 bits per heavy atom. The highest BCUT2D eigenvalue weighted by Crippen LogP contribution is 2.21. The van der Waals surface area contributed by atoms with Crippen molar-refractivity contribution in [2.45, 2.75) is 17.3 Å². The number of nitrogens with zero attached hydrogens (tertiary/aromatic N) is 1. The van der Waals surface area contributed by atoms with E-state index in [0.29, 0.717) is 5.56 Å². The number of rotatable bonds is 5. The van der Waals surface area contributed by atoms with Gasteiger partial charge in [-0.3, -0.25) is 19.4 Å². The lowest BCUT2D eigenvalue weighted by Gasteiger charge is -2.09. The van der Waals surface area contributed by atoms with E-state index in [-0.39, 0.29) is 16.7 Å². The van der Waals surface area contributed by atoms with Gasteiger partial charge >= 0.3 is 5.97 Å². The Labute approximate surface area is 135 Å². The number of nitrogens with one attached hydrogen (secondary N) is 2. The predicted molar refractivity (Wildman–Crippen MR) is 86.6 cm³/mol. The molecule has 23 heavy (non-hydrogen) atoms. The zero-order chi connectivity index (χ0) is 17.0. The molecule has 2 aromatic rings. The van der Waals surface area contributed by atoms with Crippen molar-refractivity contribution < 1.29 is 14.7 Å². The second kappa shape index (κ2) is 6.97. The number of carbonyl (C=O) groups excluding carboxylic acids is 1. The third-order valence-electron chi connectivity index (χ3n) is 2.84. The number of anilines is 2. The Kier molecular flexibility index (Phi) is 5.02. The van der Waals surface area contributed by atoms with Crippen LogP contribution in [0.25, 0.3) is 0 Å². The highest BCUT2D eigenvalue weighted by atomic mass is 32.2. The number of hydrogen-bond donors (Lipinski definition) is 4. The van der Waals surface area contributed by atoms with Crippen LogP contribution in [0.5, 0.6) is 0 Å². The number of carboxylic acid groups (broad SMARTS) is 1. The molecule has 1 aromatic heterocycles. The third-order valence-corrected chi connectivity index (χ3v) is 3.81. The van der Waals surface area contributed by atoms with Gasteiger partial charge in [0.15, 0.2) is 11.0 Å². The summed E-state index contributed by atoms with van der Waals surface area (Å²) in [4.78, 5) is 41.2. The van der Waals surface area contributed by atoms with Crippen LogP contribution in [0.15, 0.2) is 40.3 Å². The van der Waals surface area contributed by atoms with Crippen LogP contribution in [0.1, 0.15) is 17.3 Å². The summed E-state index contributed by atoms with van der Waals surface area (Å²) < 4.78 is 0. The fraction of sp³-hybridized carbons (Fsp3) is 0.143. The average Bonchev–Trinajstić information content (AvgIpc) is 2.51. The Morgan fingerprint density at radius 3 is 2.57 bits per heavy atom. The van der Waals surface area contributed by atoms with Crippen LogP contribution in [0.3, 0.4) is 0 Å². The fourth-order valence-corrected chi connectivity index (χ4v) is 2.38. The molecule has 0 bridgehead atoms. The summed E-state index contributed by atoms with van der Waals surface area (Å²) in [7, 11) is 0. The summed E-state index contributed by atoms with van der Waals surface area (Å²) in [5.74, 6) is -1.72. The van der Waals surface area contributed by atoms with E-state index < -0.39 is 22.7 Å². The molecule has 0 saturated carbocycles. The first-order valence-electron chi connectivity index (χ1n) is 6.54. The minimum Gasteiger partial charge on any atom is -0.480 e. The van der Waals surface area contributed by atoms with E-state index in [1.54, 1.807) is 30.3 Å². The largest absolute Gasteiger partial charge is 0.480 e. The molecule has 1 atom stereocenters. The van der Waals surface area contributed by atoms with Crippen LogP contribution >= 0.6 is 11.8 Å². The Balaban J connectivity index is 2.22. The Morgan fingerprint density at radius 2 is 2.00 bits per heavy atom. The SMILES string of the molecule is C[C@@H](Sc1nc(N)c(NC(=O)c2ccccc2)c(=O)[nH]1)C(=O)O. The lowest BCUT2D eigenvalue weighted by molar-refractivity contribution is -0.136. The van der Waals surface area contributed by atoms with Crippen molar-refractivity contribution in [2.24, 2.45) is 0 Å². The standard InChI is InChI=1S/C14H14N4O4S/c1-7(13(21)22)23-14-17-10(15)9(12(20)18-14)16-11(19)8-5-3-2-4-6-8/h2-7H,1H3,(H,16,19)(H,21,22)(H3,15,17,18,20)/t7-/m1/s1. The molecular weight excluding hydrogens is 320 g/mol. The van der Waals surface area contributed by atoms with E-state index in [4.69, 9.17) is 10.8 Å². The first-order chi connectivity index (χ1) is 10.9. The second-order valence-corrected chi connectivity index (χ2v) is 5.88. The quantitative estimate of drug-likeness (QED) is 0.475. The highest BCUT2D eigenvalue weighted by molar-refractivity contribution is 8.00. The van der Waals surface area contributed by atoms with Gasteiger partial charge in [0.1, 0.15) is 10.9 Å². The number of H-pyrrole nitrogens is 1. The fourth-order valence-electron chi connectivity index (χ4n) is 1.64. The van der Waals surface area contributed by atoms with Gasteiger partial charge in [0.05, 0.1) is 0 Å². The maximum Gasteiger partial charge on any atom is 0.316 e. The predicted octanol–water partition coefficient (Wildman–Crippen LogP) is 1.17. The number of thioether (sulfide) groups is 1. The molecule has 1 aromatic carbocycles. The van der Waals surface area contributed by atoms with Gasteiger partial charge in [-0.1, -0.05) is 30.0 Å². The molecule has 2 rings (SSSR count). The van der Waals surface area contributed by atoms with Gasteiger partial charge in [0, 0.05) is 5.56 Å². The maximum atomic E-state index is 12.0. The highest BCUT2D eigenvalue weighted by Gasteiger charge is 2.17. The van der Waals surface area contributed by atoms with E-state index in [2.05, 4.69) is 15.3 Å². The number of aromatic nitrogens is 2. The zero-order valence-electron chi connectivity index (χ0n) is 12.1. The van der Waals surface area contributed by atoms with Crippen LogP contribution in [0.4, 0.5) is 11.5 Å². The molecule has 8 nitrogen and oxygen atoms in total. The van der Waals surface area contributed by atoms with E-state index in [1.807, 2.05) is 0 Å². The van der Waals surface area contributed by atoms with Crippen molar-refractivity contribution in [3.05, 3.63) is 46.2 Å². The number of benzene rings is 1. The van der Waals surface area contributed by atoms with E-state index in [0.717, 1.165) is 11.8 Å². The molecule has 0 radical (unpaired) electrons. The molecule has 5 N–H and O–H groups in total. The third kappa shape index (κ3) is 4.10. The smallest absolute Gasteiger partial charge is 0.316 e. The Bertz CT molecular complexity index is 791. The van der Waals surface area contributed by atoms with Crippen molar-refractivity contribution >= 4 is 35.1 Å². The number of hydrogen-bond acceptors (Lipinski definition) is 6. The van der Waals surface area contributed by atoms with Gasteiger partial charge in [0.2, 0.25) is 0 Å². The van der Waals surface area contributed by atoms with Gasteiger partial charge in [-0.25, -0.2) is 4.98 Å². The molecule has 0 aliphatic carbocycles. The van der Waals surface area contributed by atoms with Gasteiger partial charge in [-0.2, -0.15) is 0 Å².